The fourth-order valence-electron chi connectivity index (χ4n) is 3.00. The Morgan fingerprint density at radius 3 is 2.62 bits per heavy atom. The number of carbonyl (C=O) groups is 1. The summed E-state index contributed by atoms with van der Waals surface area (Å²) < 4.78 is 10.9. The number of aromatic nitrogens is 2. The zero-order chi connectivity index (χ0) is 16.9. The van der Waals surface area contributed by atoms with Crippen LogP contribution in [0.4, 0.5) is 0 Å². The molecule has 0 saturated carbocycles. The molecule has 1 aliphatic rings. The fraction of sp³-hybridized carbons (Fsp3) is 0.500. The van der Waals surface area contributed by atoms with Crippen LogP contribution in [0.25, 0.3) is 0 Å². The Morgan fingerprint density at radius 2 is 1.92 bits per heavy atom. The molecule has 24 heavy (non-hydrogen) atoms. The number of rotatable bonds is 5. The lowest BCUT2D eigenvalue weighted by Crippen LogP contribution is -2.48. The topological polar surface area (TPSA) is 68.5 Å². The second-order valence-electron chi connectivity index (χ2n) is 6.32. The number of morpholine rings is 1. The second-order valence-corrected chi connectivity index (χ2v) is 6.32. The van der Waals surface area contributed by atoms with Crippen molar-refractivity contribution >= 4 is 5.91 Å². The first-order chi connectivity index (χ1) is 11.6. The van der Waals surface area contributed by atoms with E-state index >= 15 is 0 Å². The molecule has 0 unspecified atom stereocenters. The largest absolute Gasteiger partial charge is 0.372 e. The molecule has 0 radical (unpaired) electrons. The first-order valence-electron chi connectivity index (χ1n) is 8.39. The number of hydrogen-bond donors (Lipinski definition) is 0. The van der Waals surface area contributed by atoms with Gasteiger partial charge in [0.15, 0.2) is 5.82 Å². The molecule has 0 N–H and O–H groups in total. The zero-order valence-corrected chi connectivity index (χ0v) is 14.1. The van der Waals surface area contributed by atoms with Gasteiger partial charge in [0.25, 0.3) is 0 Å². The maximum absolute atomic E-state index is 12.3. The molecule has 2 heterocycles. The molecular formula is C18H23N3O3. The van der Waals surface area contributed by atoms with Crippen molar-refractivity contribution in [3.63, 3.8) is 0 Å². The molecule has 2 aromatic rings. The van der Waals surface area contributed by atoms with E-state index < -0.39 is 0 Å². The molecule has 6 nitrogen and oxygen atoms in total. The maximum Gasteiger partial charge on any atom is 0.227 e. The number of hydrogen-bond acceptors (Lipinski definition) is 5. The lowest BCUT2D eigenvalue weighted by Gasteiger charge is -2.35. The number of benzene rings is 1. The molecule has 1 aromatic carbocycles. The SMILES string of the molecule is C[C@@H]1CN(C(=O)CCc2nc(Cc3ccccc3)no2)C[C@@H](C)O1. The van der Waals surface area contributed by atoms with Crippen molar-refractivity contribution < 1.29 is 14.1 Å². The van der Waals surface area contributed by atoms with Crippen LogP contribution in [0.15, 0.2) is 34.9 Å². The van der Waals surface area contributed by atoms with Crippen LogP contribution in [0.1, 0.15) is 37.5 Å². The standard InChI is InChI=1S/C18H23N3O3/c1-13-11-21(12-14(2)23-13)18(22)9-8-17-19-16(20-24-17)10-15-6-4-3-5-7-15/h3-7,13-14H,8-12H2,1-2H3/t13-,14-/m1/s1. The zero-order valence-electron chi connectivity index (χ0n) is 14.1. The van der Waals surface area contributed by atoms with Crippen LogP contribution >= 0.6 is 0 Å². The van der Waals surface area contributed by atoms with E-state index in [9.17, 15) is 4.79 Å². The van der Waals surface area contributed by atoms with E-state index in [-0.39, 0.29) is 18.1 Å². The summed E-state index contributed by atoms with van der Waals surface area (Å²) in [6, 6.07) is 10.0. The lowest BCUT2D eigenvalue weighted by atomic mass is 10.1. The van der Waals surface area contributed by atoms with Crippen LogP contribution < -0.4 is 0 Å². The Labute approximate surface area is 141 Å². The summed E-state index contributed by atoms with van der Waals surface area (Å²) in [6.07, 6.45) is 1.65. The van der Waals surface area contributed by atoms with E-state index in [4.69, 9.17) is 9.26 Å². The van der Waals surface area contributed by atoms with Crippen molar-refractivity contribution in [2.45, 2.75) is 45.3 Å². The van der Waals surface area contributed by atoms with E-state index in [1.807, 2.05) is 49.1 Å². The third kappa shape index (κ3) is 4.41. The van der Waals surface area contributed by atoms with Gasteiger partial charge in [-0.25, -0.2) is 0 Å². The molecule has 1 aromatic heterocycles. The van der Waals surface area contributed by atoms with Gasteiger partial charge in [-0.05, 0) is 19.4 Å². The van der Waals surface area contributed by atoms with Gasteiger partial charge in [-0.15, -0.1) is 0 Å². The van der Waals surface area contributed by atoms with E-state index in [2.05, 4.69) is 10.1 Å². The van der Waals surface area contributed by atoms with E-state index in [0.29, 0.717) is 44.1 Å². The molecule has 1 saturated heterocycles. The quantitative estimate of drug-likeness (QED) is 0.841. The summed E-state index contributed by atoms with van der Waals surface area (Å²) in [5.74, 6) is 1.28. The monoisotopic (exact) mass is 329 g/mol. The summed E-state index contributed by atoms with van der Waals surface area (Å²) >= 11 is 0. The molecule has 0 bridgehead atoms. The van der Waals surface area contributed by atoms with Gasteiger partial charge in [0.2, 0.25) is 11.8 Å². The molecule has 3 rings (SSSR count). The van der Waals surface area contributed by atoms with Crippen molar-refractivity contribution in [2.24, 2.45) is 0 Å². The van der Waals surface area contributed by atoms with Crippen molar-refractivity contribution in [1.82, 2.24) is 15.0 Å². The minimum Gasteiger partial charge on any atom is -0.372 e. The molecule has 1 amide bonds. The highest BCUT2D eigenvalue weighted by Gasteiger charge is 2.25. The van der Waals surface area contributed by atoms with Gasteiger partial charge in [-0.3, -0.25) is 4.79 Å². The van der Waals surface area contributed by atoms with Crippen molar-refractivity contribution in [2.75, 3.05) is 13.1 Å². The van der Waals surface area contributed by atoms with Gasteiger partial charge in [0.1, 0.15) is 0 Å². The molecular weight excluding hydrogens is 306 g/mol. The van der Waals surface area contributed by atoms with Crippen LogP contribution in [0.3, 0.4) is 0 Å². The number of aryl methyl sites for hydroxylation is 1. The third-order valence-electron chi connectivity index (χ3n) is 4.04. The Hall–Kier alpha value is -2.21. The number of carbonyl (C=O) groups excluding carboxylic acids is 1. The van der Waals surface area contributed by atoms with E-state index in [1.54, 1.807) is 0 Å². The average Bonchev–Trinajstić information content (AvgIpc) is 3.00. The maximum atomic E-state index is 12.3. The molecule has 1 fully saturated rings. The highest BCUT2D eigenvalue weighted by atomic mass is 16.5. The summed E-state index contributed by atoms with van der Waals surface area (Å²) in [5, 5.41) is 4.00. The average molecular weight is 329 g/mol. The minimum absolute atomic E-state index is 0.0820. The predicted octanol–water partition coefficient (Wildman–Crippen LogP) is 2.23. The fourth-order valence-corrected chi connectivity index (χ4v) is 3.00. The third-order valence-corrected chi connectivity index (χ3v) is 4.04. The summed E-state index contributed by atoms with van der Waals surface area (Å²) in [7, 11) is 0. The molecule has 1 aliphatic heterocycles. The molecule has 128 valence electrons. The van der Waals surface area contributed by atoms with Crippen LogP contribution in [0, 0.1) is 0 Å². The minimum atomic E-state index is 0.0820. The molecule has 6 heteroatoms. The highest BCUT2D eigenvalue weighted by molar-refractivity contribution is 5.76. The van der Waals surface area contributed by atoms with Crippen LogP contribution in [-0.4, -0.2) is 46.2 Å². The Kier molecular flexibility index (Phi) is 5.25. The Bertz CT molecular complexity index is 661. The van der Waals surface area contributed by atoms with Crippen LogP contribution in [-0.2, 0) is 22.4 Å². The predicted molar refractivity (Wildman–Crippen MR) is 88.5 cm³/mol. The number of ether oxygens (including phenoxy) is 1. The van der Waals surface area contributed by atoms with Gasteiger partial charge in [0.05, 0.1) is 12.2 Å². The second kappa shape index (κ2) is 7.57. The van der Waals surface area contributed by atoms with Gasteiger partial charge in [-0.1, -0.05) is 35.5 Å². The van der Waals surface area contributed by atoms with Crippen molar-refractivity contribution in [1.29, 1.82) is 0 Å². The van der Waals surface area contributed by atoms with Gasteiger partial charge in [0, 0.05) is 32.4 Å². The van der Waals surface area contributed by atoms with E-state index in [0.717, 1.165) is 5.56 Å². The smallest absolute Gasteiger partial charge is 0.227 e. The number of amides is 1. The van der Waals surface area contributed by atoms with Gasteiger partial charge in [-0.2, -0.15) is 4.98 Å². The van der Waals surface area contributed by atoms with Crippen molar-refractivity contribution in [3.8, 4) is 0 Å². The van der Waals surface area contributed by atoms with Crippen LogP contribution in [0.5, 0.6) is 0 Å². The molecule has 0 spiro atoms. The summed E-state index contributed by atoms with van der Waals surface area (Å²) in [6.45, 7) is 5.27. The summed E-state index contributed by atoms with van der Waals surface area (Å²) in [5.41, 5.74) is 1.14. The molecule has 2 atom stereocenters. The normalized spacial score (nSPS) is 21.0. The Balaban J connectivity index is 1.51. The lowest BCUT2D eigenvalue weighted by molar-refractivity contribution is -0.143. The first kappa shape index (κ1) is 16.6. The van der Waals surface area contributed by atoms with Crippen LogP contribution in [0.2, 0.25) is 0 Å². The van der Waals surface area contributed by atoms with E-state index in [1.165, 1.54) is 0 Å². The molecule has 0 aliphatic carbocycles. The highest BCUT2D eigenvalue weighted by Crippen LogP contribution is 2.13. The first-order valence-corrected chi connectivity index (χ1v) is 8.39. The van der Waals surface area contributed by atoms with Gasteiger partial charge >= 0.3 is 0 Å². The van der Waals surface area contributed by atoms with Crippen molar-refractivity contribution in [3.05, 3.63) is 47.6 Å². The summed E-state index contributed by atoms with van der Waals surface area (Å²) in [4.78, 5) is 18.6. The Morgan fingerprint density at radius 1 is 1.21 bits per heavy atom. The van der Waals surface area contributed by atoms with Gasteiger partial charge < -0.3 is 14.2 Å². The number of nitrogens with zero attached hydrogens (tertiary/aromatic N) is 3.